The summed E-state index contributed by atoms with van der Waals surface area (Å²) in [5.74, 6) is 0.860. The highest BCUT2D eigenvalue weighted by molar-refractivity contribution is 7.80. The molecule has 0 atom stereocenters. The molecule has 0 heterocycles. The second-order valence-corrected chi connectivity index (χ2v) is 5.22. The Morgan fingerprint density at radius 1 is 1.00 bits per heavy atom. The lowest BCUT2D eigenvalue weighted by Crippen LogP contribution is -2.34. The van der Waals surface area contributed by atoms with Gasteiger partial charge in [-0.3, -0.25) is 0 Å². The maximum atomic E-state index is 5.30. The highest BCUT2D eigenvalue weighted by Gasteiger charge is 2.00. The minimum Gasteiger partial charge on any atom is -0.497 e. The summed E-state index contributed by atoms with van der Waals surface area (Å²) in [7, 11) is 1.66. The van der Waals surface area contributed by atoms with E-state index in [1.807, 2.05) is 36.4 Å². The fourth-order valence-electron chi connectivity index (χ4n) is 1.97. The van der Waals surface area contributed by atoms with Gasteiger partial charge in [-0.2, -0.15) is 0 Å². The van der Waals surface area contributed by atoms with Gasteiger partial charge in [0, 0.05) is 13.1 Å². The maximum absolute atomic E-state index is 5.30. The molecule has 2 rings (SSSR count). The van der Waals surface area contributed by atoms with Gasteiger partial charge in [0.15, 0.2) is 5.11 Å². The van der Waals surface area contributed by atoms with E-state index in [0.717, 1.165) is 17.9 Å². The number of hydrogen-bond donors (Lipinski definition) is 2. The van der Waals surface area contributed by atoms with Gasteiger partial charge in [-0.1, -0.05) is 36.4 Å². The third kappa shape index (κ3) is 4.76. The average molecular weight is 300 g/mol. The van der Waals surface area contributed by atoms with E-state index in [9.17, 15) is 0 Å². The molecule has 2 N–H and O–H groups in total. The molecule has 0 unspecified atom stereocenters. The summed E-state index contributed by atoms with van der Waals surface area (Å²) in [6.45, 7) is 3.54. The fraction of sp³-hybridized carbons (Fsp3) is 0.235. The molecule has 4 heteroatoms. The predicted molar refractivity (Wildman–Crippen MR) is 90.5 cm³/mol. The monoisotopic (exact) mass is 300 g/mol. The molecule has 0 aromatic heterocycles. The number of ether oxygens (including phenoxy) is 1. The molecule has 0 aliphatic heterocycles. The normalized spacial score (nSPS) is 10.0. The van der Waals surface area contributed by atoms with Crippen LogP contribution in [-0.4, -0.2) is 12.2 Å². The van der Waals surface area contributed by atoms with Crippen LogP contribution in [0.4, 0.5) is 0 Å². The summed E-state index contributed by atoms with van der Waals surface area (Å²) in [5, 5.41) is 7.10. The fourth-order valence-corrected chi connectivity index (χ4v) is 2.12. The van der Waals surface area contributed by atoms with Crippen LogP contribution in [0.1, 0.15) is 16.7 Å². The molecule has 2 aromatic carbocycles. The molecule has 0 aliphatic rings. The first-order chi connectivity index (χ1) is 10.2. The zero-order chi connectivity index (χ0) is 15.1. The molecule has 0 saturated heterocycles. The zero-order valence-corrected chi connectivity index (χ0v) is 13.2. The van der Waals surface area contributed by atoms with Crippen LogP contribution in [0.5, 0.6) is 5.75 Å². The summed E-state index contributed by atoms with van der Waals surface area (Å²) < 4.78 is 5.13. The van der Waals surface area contributed by atoms with Gasteiger partial charge >= 0.3 is 0 Å². The Bertz CT molecular complexity index is 596. The largest absolute Gasteiger partial charge is 0.497 e. The van der Waals surface area contributed by atoms with E-state index in [1.165, 1.54) is 11.1 Å². The molecule has 0 saturated carbocycles. The van der Waals surface area contributed by atoms with Crippen molar-refractivity contribution in [2.24, 2.45) is 0 Å². The van der Waals surface area contributed by atoms with Crippen LogP contribution in [0, 0.1) is 6.92 Å². The van der Waals surface area contributed by atoms with Crippen LogP contribution in [0.3, 0.4) is 0 Å². The number of thiocarbonyl (C=S) groups is 1. The second kappa shape index (κ2) is 7.64. The maximum Gasteiger partial charge on any atom is 0.166 e. The average Bonchev–Trinajstić information content (AvgIpc) is 2.52. The molecule has 110 valence electrons. The van der Waals surface area contributed by atoms with Crippen molar-refractivity contribution in [3.63, 3.8) is 0 Å². The standard InChI is InChI=1S/C17H20N2OS/c1-13-5-3-4-6-15(13)12-19-17(21)18-11-14-7-9-16(20-2)10-8-14/h3-10H,11-12H2,1-2H3,(H2,18,19,21). The van der Waals surface area contributed by atoms with Crippen LogP contribution < -0.4 is 15.4 Å². The van der Waals surface area contributed by atoms with Gasteiger partial charge in [-0.15, -0.1) is 0 Å². The first-order valence-electron chi connectivity index (χ1n) is 6.88. The van der Waals surface area contributed by atoms with E-state index in [2.05, 4.69) is 29.7 Å². The minimum atomic E-state index is 0.661. The minimum absolute atomic E-state index is 0.661. The summed E-state index contributed by atoms with van der Waals surface area (Å²) in [5.41, 5.74) is 3.69. The number of aryl methyl sites for hydroxylation is 1. The molecule has 0 amide bonds. The van der Waals surface area contributed by atoms with Gasteiger partial charge in [0.2, 0.25) is 0 Å². The third-order valence-electron chi connectivity index (χ3n) is 3.31. The van der Waals surface area contributed by atoms with Crippen molar-refractivity contribution in [3.05, 3.63) is 65.2 Å². The van der Waals surface area contributed by atoms with Crippen molar-refractivity contribution in [2.45, 2.75) is 20.0 Å². The van der Waals surface area contributed by atoms with Gasteiger partial charge in [-0.05, 0) is 48.0 Å². The van der Waals surface area contributed by atoms with Gasteiger partial charge < -0.3 is 15.4 Å². The van der Waals surface area contributed by atoms with E-state index < -0.39 is 0 Å². The Morgan fingerprint density at radius 3 is 2.33 bits per heavy atom. The van der Waals surface area contributed by atoms with Gasteiger partial charge in [0.25, 0.3) is 0 Å². The quantitative estimate of drug-likeness (QED) is 0.831. The third-order valence-corrected chi connectivity index (χ3v) is 3.60. The van der Waals surface area contributed by atoms with E-state index in [-0.39, 0.29) is 0 Å². The smallest absolute Gasteiger partial charge is 0.166 e. The lowest BCUT2D eigenvalue weighted by molar-refractivity contribution is 0.414. The highest BCUT2D eigenvalue weighted by Crippen LogP contribution is 2.11. The van der Waals surface area contributed by atoms with E-state index in [1.54, 1.807) is 7.11 Å². The molecular weight excluding hydrogens is 280 g/mol. The van der Waals surface area contributed by atoms with Crippen molar-refractivity contribution in [1.29, 1.82) is 0 Å². The summed E-state index contributed by atoms with van der Waals surface area (Å²) >= 11 is 5.30. The van der Waals surface area contributed by atoms with Crippen molar-refractivity contribution < 1.29 is 4.74 Å². The molecular formula is C17H20N2OS. The molecule has 0 bridgehead atoms. The molecule has 0 fully saturated rings. The zero-order valence-electron chi connectivity index (χ0n) is 12.3. The highest BCUT2D eigenvalue weighted by atomic mass is 32.1. The van der Waals surface area contributed by atoms with Crippen LogP contribution in [0.25, 0.3) is 0 Å². The van der Waals surface area contributed by atoms with Crippen LogP contribution >= 0.6 is 12.2 Å². The van der Waals surface area contributed by atoms with E-state index >= 15 is 0 Å². The Balaban J connectivity index is 1.78. The van der Waals surface area contributed by atoms with Gasteiger partial charge in [0.05, 0.1) is 7.11 Å². The van der Waals surface area contributed by atoms with Crippen LogP contribution in [-0.2, 0) is 13.1 Å². The Morgan fingerprint density at radius 2 is 1.67 bits per heavy atom. The molecule has 21 heavy (non-hydrogen) atoms. The van der Waals surface area contributed by atoms with Crippen molar-refractivity contribution >= 4 is 17.3 Å². The van der Waals surface area contributed by atoms with Crippen LogP contribution in [0.2, 0.25) is 0 Å². The number of benzene rings is 2. The molecule has 2 aromatic rings. The topological polar surface area (TPSA) is 33.3 Å². The molecule has 0 aliphatic carbocycles. The number of hydrogen-bond acceptors (Lipinski definition) is 2. The lowest BCUT2D eigenvalue weighted by Gasteiger charge is -2.12. The molecule has 0 radical (unpaired) electrons. The van der Waals surface area contributed by atoms with E-state index in [0.29, 0.717) is 11.7 Å². The Labute approximate surface area is 131 Å². The Hall–Kier alpha value is -2.07. The van der Waals surface area contributed by atoms with Crippen molar-refractivity contribution in [2.75, 3.05) is 7.11 Å². The number of methoxy groups -OCH3 is 1. The number of nitrogens with one attached hydrogen (secondary N) is 2. The SMILES string of the molecule is COc1ccc(CNC(=S)NCc2ccccc2C)cc1. The lowest BCUT2D eigenvalue weighted by atomic mass is 10.1. The van der Waals surface area contributed by atoms with Crippen molar-refractivity contribution in [1.82, 2.24) is 10.6 Å². The van der Waals surface area contributed by atoms with E-state index in [4.69, 9.17) is 17.0 Å². The molecule has 3 nitrogen and oxygen atoms in total. The second-order valence-electron chi connectivity index (χ2n) is 4.81. The molecule has 0 spiro atoms. The summed E-state index contributed by atoms with van der Waals surface area (Å²) in [4.78, 5) is 0. The number of rotatable bonds is 5. The Kier molecular flexibility index (Phi) is 5.58. The summed E-state index contributed by atoms with van der Waals surface area (Å²) in [6.07, 6.45) is 0. The first-order valence-corrected chi connectivity index (χ1v) is 7.29. The summed E-state index contributed by atoms with van der Waals surface area (Å²) in [6, 6.07) is 16.2. The van der Waals surface area contributed by atoms with Gasteiger partial charge in [0.1, 0.15) is 5.75 Å². The van der Waals surface area contributed by atoms with Crippen molar-refractivity contribution in [3.8, 4) is 5.75 Å². The van der Waals surface area contributed by atoms with Gasteiger partial charge in [-0.25, -0.2) is 0 Å². The predicted octanol–water partition coefficient (Wildman–Crippen LogP) is 3.17. The first kappa shape index (κ1) is 15.3. The van der Waals surface area contributed by atoms with Crippen LogP contribution in [0.15, 0.2) is 48.5 Å².